The summed E-state index contributed by atoms with van der Waals surface area (Å²) in [6, 6.07) is 12.3. The van der Waals surface area contributed by atoms with Crippen molar-refractivity contribution in [2.24, 2.45) is 0 Å². The van der Waals surface area contributed by atoms with E-state index in [0.717, 1.165) is 11.3 Å². The van der Waals surface area contributed by atoms with Crippen molar-refractivity contribution in [3.63, 3.8) is 0 Å². The first-order valence-electron chi connectivity index (χ1n) is 10.3. The average molecular weight is 465 g/mol. The molecule has 2 aromatic carbocycles. The SMILES string of the molecule is COc1cc(C(=O)Nc2ccc(-c3noc(C(C)(C)C)n3)cc2)ccc1OCc1cscn1. The summed E-state index contributed by atoms with van der Waals surface area (Å²) in [4.78, 5) is 21.4. The predicted molar refractivity (Wildman–Crippen MR) is 126 cm³/mol. The van der Waals surface area contributed by atoms with E-state index in [1.807, 2.05) is 38.3 Å². The third-order valence-electron chi connectivity index (χ3n) is 4.75. The second kappa shape index (κ2) is 9.41. The molecule has 0 saturated carbocycles. The minimum atomic E-state index is -0.262. The molecular weight excluding hydrogens is 440 g/mol. The lowest BCUT2D eigenvalue weighted by atomic mass is 9.97. The van der Waals surface area contributed by atoms with Crippen molar-refractivity contribution in [2.75, 3.05) is 12.4 Å². The first-order chi connectivity index (χ1) is 15.8. The van der Waals surface area contributed by atoms with E-state index >= 15 is 0 Å². The van der Waals surface area contributed by atoms with E-state index in [1.165, 1.54) is 18.4 Å². The number of nitrogens with one attached hydrogen (secondary N) is 1. The Kier molecular flexibility index (Phi) is 6.41. The molecule has 33 heavy (non-hydrogen) atoms. The summed E-state index contributed by atoms with van der Waals surface area (Å²) in [6.07, 6.45) is 0. The van der Waals surface area contributed by atoms with E-state index in [4.69, 9.17) is 14.0 Å². The van der Waals surface area contributed by atoms with Gasteiger partial charge in [-0.2, -0.15) is 4.98 Å². The molecule has 0 saturated heterocycles. The fourth-order valence-electron chi connectivity index (χ4n) is 2.94. The second-order valence-electron chi connectivity index (χ2n) is 8.34. The summed E-state index contributed by atoms with van der Waals surface area (Å²) in [7, 11) is 1.54. The molecule has 0 aliphatic rings. The smallest absolute Gasteiger partial charge is 0.255 e. The Labute approximate surface area is 195 Å². The third kappa shape index (κ3) is 5.38. The number of rotatable bonds is 7. The van der Waals surface area contributed by atoms with Gasteiger partial charge < -0.3 is 19.3 Å². The molecule has 0 aliphatic heterocycles. The van der Waals surface area contributed by atoms with Crippen molar-refractivity contribution >= 4 is 22.9 Å². The van der Waals surface area contributed by atoms with Crippen LogP contribution in [0.1, 0.15) is 42.7 Å². The number of amides is 1. The van der Waals surface area contributed by atoms with Gasteiger partial charge in [0.1, 0.15) is 6.61 Å². The van der Waals surface area contributed by atoms with Gasteiger partial charge in [-0.3, -0.25) is 4.79 Å². The molecular formula is C24H24N4O4S. The Morgan fingerprint density at radius 2 is 1.91 bits per heavy atom. The lowest BCUT2D eigenvalue weighted by Gasteiger charge is -2.12. The van der Waals surface area contributed by atoms with Crippen LogP contribution in [0.25, 0.3) is 11.4 Å². The maximum Gasteiger partial charge on any atom is 0.255 e. The third-order valence-corrected chi connectivity index (χ3v) is 5.39. The summed E-state index contributed by atoms with van der Waals surface area (Å²) in [5, 5.41) is 8.85. The van der Waals surface area contributed by atoms with Crippen molar-refractivity contribution in [1.82, 2.24) is 15.1 Å². The number of methoxy groups -OCH3 is 1. The first kappa shape index (κ1) is 22.5. The van der Waals surface area contributed by atoms with Gasteiger partial charge in [-0.25, -0.2) is 4.98 Å². The van der Waals surface area contributed by atoms with E-state index in [1.54, 1.807) is 35.8 Å². The fraction of sp³-hybridized carbons (Fsp3) is 0.250. The van der Waals surface area contributed by atoms with E-state index in [-0.39, 0.29) is 11.3 Å². The Morgan fingerprint density at radius 1 is 1.12 bits per heavy atom. The molecule has 0 radical (unpaired) electrons. The van der Waals surface area contributed by atoms with Crippen molar-refractivity contribution in [3.05, 3.63) is 70.5 Å². The quantitative estimate of drug-likeness (QED) is 0.394. The van der Waals surface area contributed by atoms with Crippen molar-refractivity contribution in [2.45, 2.75) is 32.8 Å². The number of carbonyl (C=O) groups excluding carboxylic acids is 1. The molecule has 0 bridgehead atoms. The molecule has 2 aromatic heterocycles. The molecule has 0 atom stereocenters. The summed E-state index contributed by atoms with van der Waals surface area (Å²) < 4.78 is 16.5. The lowest BCUT2D eigenvalue weighted by molar-refractivity contribution is 0.102. The number of hydrogen-bond donors (Lipinski definition) is 1. The van der Waals surface area contributed by atoms with Crippen LogP contribution < -0.4 is 14.8 Å². The number of carbonyl (C=O) groups is 1. The van der Waals surface area contributed by atoms with E-state index < -0.39 is 0 Å². The van der Waals surface area contributed by atoms with Crippen molar-refractivity contribution in [3.8, 4) is 22.9 Å². The maximum atomic E-state index is 12.8. The van der Waals surface area contributed by atoms with Crippen LogP contribution in [0.3, 0.4) is 0 Å². The largest absolute Gasteiger partial charge is 0.493 e. The molecule has 2 heterocycles. The summed E-state index contributed by atoms with van der Waals surface area (Å²) >= 11 is 1.51. The van der Waals surface area contributed by atoms with Crippen LogP contribution in [0.5, 0.6) is 11.5 Å². The van der Waals surface area contributed by atoms with Gasteiger partial charge in [0, 0.05) is 27.6 Å². The highest BCUT2D eigenvalue weighted by atomic mass is 32.1. The Balaban J connectivity index is 1.42. The molecule has 8 nitrogen and oxygen atoms in total. The van der Waals surface area contributed by atoms with Gasteiger partial charge >= 0.3 is 0 Å². The minimum absolute atomic E-state index is 0.221. The van der Waals surface area contributed by atoms with Gasteiger partial charge in [0.05, 0.1) is 18.3 Å². The molecule has 0 fully saturated rings. The number of benzene rings is 2. The van der Waals surface area contributed by atoms with Crippen LogP contribution in [0.15, 0.2) is 57.9 Å². The maximum absolute atomic E-state index is 12.8. The van der Waals surface area contributed by atoms with Crippen LogP contribution in [-0.2, 0) is 12.0 Å². The molecule has 170 valence electrons. The van der Waals surface area contributed by atoms with Gasteiger partial charge in [-0.15, -0.1) is 11.3 Å². The minimum Gasteiger partial charge on any atom is -0.493 e. The molecule has 0 aliphatic carbocycles. The van der Waals surface area contributed by atoms with Crippen molar-refractivity contribution < 1.29 is 18.8 Å². The van der Waals surface area contributed by atoms with E-state index in [9.17, 15) is 4.79 Å². The van der Waals surface area contributed by atoms with Gasteiger partial charge in [0.15, 0.2) is 11.5 Å². The molecule has 9 heteroatoms. The summed E-state index contributed by atoms with van der Waals surface area (Å²) in [5.41, 5.74) is 4.26. The van der Waals surface area contributed by atoms with Gasteiger partial charge in [-0.05, 0) is 42.5 Å². The first-order valence-corrected chi connectivity index (χ1v) is 11.2. The summed E-state index contributed by atoms with van der Waals surface area (Å²) in [6.45, 7) is 6.36. The topological polar surface area (TPSA) is 99.4 Å². The average Bonchev–Trinajstić information content (AvgIpc) is 3.50. The molecule has 0 spiro atoms. The van der Waals surface area contributed by atoms with Crippen molar-refractivity contribution in [1.29, 1.82) is 0 Å². The van der Waals surface area contributed by atoms with Gasteiger partial charge in [0.2, 0.25) is 11.7 Å². The second-order valence-corrected chi connectivity index (χ2v) is 9.06. The number of anilines is 1. The summed E-state index contributed by atoms with van der Waals surface area (Å²) in [5.74, 6) is 1.83. The molecule has 0 unspecified atom stereocenters. The zero-order chi connectivity index (χ0) is 23.4. The van der Waals surface area contributed by atoms with Crippen LogP contribution in [0, 0.1) is 0 Å². The Hall–Kier alpha value is -3.72. The fourth-order valence-corrected chi connectivity index (χ4v) is 3.48. The Morgan fingerprint density at radius 3 is 2.55 bits per heavy atom. The molecule has 4 aromatic rings. The lowest BCUT2D eigenvalue weighted by Crippen LogP contribution is -2.12. The highest BCUT2D eigenvalue weighted by molar-refractivity contribution is 7.07. The number of hydrogen-bond acceptors (Lipinski definition) is 8. The van der Waals surface area contributed by atoms with Crippen LogP contribution in [-0.4, -0.2) is 28.1 Å². The predicted octanol–water partition coefficient (Wildman–Crippen LogP) is 5.33. The normalized spacial score (nSPS) is 11.3. The standard InChI is InChI=1S/C24H24N4O4S/c1-24(2,3)23-27-21(28-32-23)15-5-8-17(9-6-15)26-22(29)16-7-10-19(20(11-16)30-4)31-12-18-13-33-14-25-18/h5-11,13-14H,12H2,1-4H3,(H,26,29). The van der Waals surface area contributed by atoms with Gasteiger partial charge in [0.25, 0.3) is 5.91 Å². The molecule has 4 rings (SSSR count). The highest BCUT2D eigenvalue weighted by Gasteiger charge is 2.22. The van der Waals surface area contributed by atoms with Crippen LogP contribution in [0.4, 0.5) is 5.69 Å². The monoisotopic (exact) mass is 464 g/mol. The van der Waals surface area contributed by atoms with E-state index in [2.05, 4.69) is 20.4 Å². The number of aromatic nitrogens is 3. The van der Waals surface area contributed by atoms with Gasteiger partial charge in [-0.1, -0.05) is 25.9 Å². The van der Waals surface area contributed by atoms with Crippen LogP contribution >= 0.6 is 11.3 Å². The highest BCUT2D eigenvalue weighted by Crippen LogP contribution is 2.29. The zero-order valence-corrected chi connectivity index (χ0v) is 19.6. The molecule has 1 N–H and O–H groups in total. The number of ether oxygens (including phenoxy) is 2. The van der Waals surface area contributed by atoms with E-state index in [0.29, 0.717) is 41.1 Å². The molecule has 1 amide bonds. The zero-order valence-electron chi connectivity index (χ0n) is 18.8. The van der Waals surface area contributed by atoms with Crippen LogP contribution in [0.2, 0.25) is 0 Å². The number of thiazole rings is 1. The Bertz CT molecular complexity index is 1230. The number of nitrogens with zero attached hydrogens (tertiary/aromatic N) is 3.